The molecule has 0 rings (SSSR count). The number of nitrogens with two attached hydrogens (primary N) is 2. The van der Waals surface area contributed by atoms with E-state index in [0.717, 1.165) is 0 Å². The number of hydrogen-bond donors (Lipinski definition) is 5. The molecule has 0 radical (unpaired) electrons. The molecule has 0 aromatic heterocycles. The molecule has 62 valence electrons. The SMILES string of the molecule is NCC(N)C(O)C(O)CO. The van der Waals surface area contributed by atoms with Gasteiger partial charge in [0.15, 0.2) is 0 Å². The molecule has 5 heteroatoms. The van der Waals surface area contributed by atoms with Gasteiger partial charge in [-0.1, -0.05) is 0 Å². The van der Waals surface area contributed by atoms with Crippen LogP contribution >= 0.6 is 0 Å². The summed E-state index contributed by atoms with van der Waals surface area (Å²) >= 11 is 0. The van der Waals surface area contributed by atoms with Gasteiger partial charge in [-0.15, -0.1) is 0 Å². The van der Waals surface area contributed by atoms with Crippen LogP contribution in [0.3, 0.4) is 0 Å². The number of aliphatic hydroxyl groups is 3. The Hall–Kier alpha value is -0.200. The summed E-state index contributed by atoms with van der Waals surface area (Å²) in [6.07, 6.45) is -2.34. The van der Waals surface area contributed by atoms with Crippen molar-refractivity contribution < 1.29 is 15.3 Å². The van der Waals surface area contributed by atoms with Gasteiger partial charge in [-0.05, 0) is 0 Å². The van der Waals surface area contributed by atoms with Gasteiger partial charge in [0.25, 0.3) is 0 Å². The summed E-state index contributed by atoms with van der Waals surface area (Å²) in [4.78, 5) is 0. The van der Waals surface area contributed by atoms with Crippen molar-refractivity contribution in [1.82, 2.24) is 0 Å². The normalized spacial score (nSPS) is 20.1. The molecule has 0 aliphatic rings. The minimum atomic E-state index is -1.20. The van der Waals surface area contributed by atoms with Crippen molar-refractivity contribution in [2.24, 2.45) is 11.5 Å². The number of aliphatic hydroxyl groups excluding tert-OH is 3. The van der Waals surface area contributed by atoms with E-state index in [4.69, 9.17) is 26.8 Å². The second-order valence-corrected chi connectivity index (χ2v) is 2.14. The van der Waals surface area contributed by atoms with E-state index in [9.17, 15) is 0 Å². The fourth-order valence-electron chi connectivity index (χ4n) is 0.533. The highest BCUT2D eigenvalue weighted by Crippen LogP contribution is 1.95. The first kappa shape index (κ1) is 9.80. The molecule has 0 aliphatic heterocycles. The molecule has 3 atom stereocenters. The van der Waals surface area contributed by atoms with Crippen LogP contribution in [-0.4, -0.2) is 46.7 Å². The molecule has 7 N–H and O–H groups in total. The van der Waals surface area contributed by atoms with Crippen molar-refractivity contribution in [1.29, 1.82) is 0 Å². The van der Waals surface area contributed by atoms with Crippen molar-refractivity contribution in [3.63, 3.8) is 0 Å². The molecular formula is C5H14N2O3. The van der Waals surface area contributed by atoms with Crippen molar-refractivity contribution in [3.05, 3.63) is 0 Å². The van der Waals surface area contributed by atoms with Crippen LogP contribution in [0, 0.1) is 0 Å². The molecule has 0 fully saturated rings. The fraction of sp³-hybridized carbons (Fsp3) is 1.00. The second-order valence-electron chi connectivity index (χ2n) is 2.14. The van der Waals surface area contributed by atoms with Crippen molar-refractivity contribution >= 4 is 0 Å². The van der Waals surface area contributed by atoms with Crippen LogP contribution < -0.4 is 11.5 Å². The fourth-order valence-corrected chi connectivity index (χ4v) is 0.533. The molecule has 0 spiro atoms. The van der Waals surface area contributed by atoms with Crippen molar-refractivity contribution in [2.45, 2.75) is 18.2 Å². The highest BCUT2D eigenvalue weighted by molar-refractivity contribution is 4.78. The number of hydrogen-bond acceptors (Lipinski definition) is 5. The Labute approximate surface area is 59.3 Å². The first-order chi connectivity index (χ1) is 4.63. The summed E-state index contributed by atoms with van der Waals surface area (Å²) in [5.41, 5.74) is 10.3. The molecule has 0 aromatic rings. The Morgan fingerprint density at radius 2 is 1.80 bits per heavy atom. The predicted octanol–water partition coefficient (Wildman–Crippen LogP) is -3.01. The third-order valence-electron chi connectivity index (χ3n) is 1.29. The van der Waals surface area contributed by atoms with Crippen molar-refractivity contribution in [3.8, 4) is 0 Å². The lowest BCUT2D eigenvalue weighted by Crippen LogP contribution is -2.48. The predicted molar refractivity (Wildman–Crippen MR) is 36.1 cm³/mol. The zero-order chi connectivity index (χ0) is 8.15. The van der Waals surface area contributed by atoms with Crippen LogP contribution in [0.2, 0.25) is 0 Å². The van der Waals surface area contributed by atoms with Crippen LogP contribution in [0.1, 0.15) is 0 Å². The second kappa shape index (κ2) is 4.59. The summed E-state index contributed by atoms with van der Waals surface area (Å²) in [5.74, 6) is 0. The highest BCUT2D eigenvalue weighted by atomic mass is 16.4. The van der Waals surface area contributed by atoms with Crippen LogP contribution in [0.5, 0.6) is 0 Å². The Kier molecular flexibility index (Phi) is 4.50. The standard InChI is InChI=1S/C5H14N2O3/c6-1-3(7)5(10)4(9)2-8/h3-5,8-10H,1-2,6-7H2. The summed E-state index contributed by atoms with van der Waals surface area (Å²) in [6, 6.07) is -0.679. The van der Waals surface area contributed by atoms with Gasteiger partial charge in [0.05, 0.1) is 12.7 Å². The summed E-state index contributed by atoms with van der Waals surface area (Å²) in [5, 5.41) is 26.1. The Balaban J connectivity index is 3.69. The summed E-state index contributed by atoms with van der Waals surface area (Å²) in [7, 11) is 0. The van der Waals surface area contributed by atoms with E-state index in [-0.39, 0.29) is 6.54 Å². The van der Waals surface area contributed by atoms with Gasteiger partial charge in [-0.3, -0.25) is 0 Å². The minimum Gasteiger partial charge on any atom is -0.394 e. The molecule has 0 heterocycles. The molecule has 10 heavy (non-hydrogen) atoms. The van der Waals surface area contributed by atoms with E-state index in [1.54, 1.807) is 0 Å². The third-order valence-corrected chi connectivity index (χ3v) is 1.29. The molecular weight excluding hydrogens is 136 g/mol. The smallest absolute Gasteiger partial charge is 0.104 e. The van der Waals surface area contributed by atoms with Gasteiger partial charge in [0, 0.05) is 12.6 Å². The van der Waals surface area contributed by atoms with Gasteiger partial charge in [-0.25, -0.2) is 0 Å². The zero-order valence-electron chi connectivity index (χ0n) is 5.64. The first-order valence-electron chi connectivity index (χ1n) is 3.06. The lowest BCUT2D eigenvalue weighted by Gasteiger charge is -2.20. The maximum absolute atomic E-state index is 8.97. The summed E-state index contributed by atoms with van der Waals surface area (Å²) in [6.45, 7) is -0.424. The van der Waals surface area contributed by atoms with E-state index in [1.165, 1.54) is 0 Å². The lowest BCUT2D eigenvalue weighted by atomic mass is 10.1. The monoisotopic (exact) mass is 150 g/mol. The maximum atomic E-state index is 8.97. The van der Waals surface area contributed by atoms with Crippen LogP contribution in [0.4, 0.5) is 0 Å². The largest absolute Gasteiger partial charge is 0.394 e. The van der Waals surface area contributed by atoms with Gasteiger partial charge in [-0.2, -0.15) is 0 Å². The quantitative estimate of drug-likeness (QED) is 0.293. The van der Waals surface area contributed by atoms with E-state index in [1.807, 2.05) is 0 Å². The van der Waals surface area contributed by atoms with E-state index < -0.39 is 24.9 Å². The molecule has 5 nitrogen and oxygen atoms in total. The van der Waals surface area contributed by atoms with Crippen LogP contribution in [0.15, 0.2) is 0 Å². The Bertz CT molecular complexity index is 81.0. The van der Waals surface area contributed by atoms with Gasteiger partial charge in [0.2, 0.25) is 0 Å². The molecule has 3 unspecified atom stereocenters. The highest BCUT2D eigenvalue weighted by Gasteiger charge is 2.20. The zero-order valence-corrected chi connectivity index (χ0v) is 5.64. The van der Waals surface area contributed by atoms with Gasteiger partial charge < -0.3 is 26.8 Å². The van der Waals surface area contributed by atoms with E-state index in [0.29, 0.717) is 0 Å². The van der Waals surface area contributed by atoms with Crippen LogP contribution in [0.25, 0.3) is 0 Å². The maximum Gasteiger partial charge on any atom is 0.104 e. The Morgan fingerprint density at radius 3 is 2.10 bits per heavy atom. The average Bonchev–Trinajstić information content (AvgIpc) is 2.00. The van der Waals surface area contributed by atoms with Gasteiger partial charge in [0.1, 0.15) is 6.10 Å². The van der Waals surface area contributed by atoms with E-state index >= 15 is 0 Å². The topological polar surface area (TPSA) is 113 Å². The molecule has 0 aliphatic carbocycles. The molecule has 0 amide bonds. The molecule has 0 bridgehead atoms. The molecule has 0 saturated heterocycles. The average molecular weight is 150 g/mol. The minimum absolute atomic E-state index is 0.0816. The van der Waals surface area contributed by atoms with Crippen LogP contribution in [-0.2, 0) is 0 Å². The summed E-state index contributed by atoms with van der Waals surface area (Å²) < 4.78 is 0. The van der Waals surface area contributed by atoms with E-state index in [2.05, 4.69) is 0 Å². The van der Waals surface area contributed by atoms with Gasteiger partial charge >= 0.3 is 0 Å². The molecule has 0 aromatic carbocycles. The van der Waals surface area contributed by atoms with Crippen molar-refractivity contribution in [2.75, 3.05) is 13.2 Å². The Morgan fingerprint density at radius 1 is 1.30 bits per heavy atom. The first-order valence-corrected chi connectivity index (χ1v) is 3.06. The molecule has 0 saturated carbocycles. The third kappa shape index (κ3) is 2.59. The number of rotatable bonds is 4. The lowest BCUT2D eigenvalue weighted by molar-refractivity contribution is -0.0243.